The molecule has 1 atom stereocenters. The van der Waals surface area contributed by atoms with Crippen LogP contribution in [0.1, 0.15) is 51.6 Å². The molecule has 2 aromatic rings. The fraction of sp³-hybridized carbons (Fsp3) is 0.348. The zero-order chi connectivity index (χ0) is 19.9. The molecule has 0 saturated carbocycles. The molecular formula is C23H25N3O2. The van der Waals surface area contributed by atoms with Crippen molar-refractivity contribution in [2.45, 2.75) is 46.1 Å². The van der Waals surface area contributed by atoms with Crippen LogP contribution in [0, 0.1) is 5.41 Å². The summed E-state index contributed by atoms with van der Waals surface area (Å²) in [6.07, 6.45) is 5.02. The first-order valence-corrected chi connectivity index (χ1v) is 9.75. The van der Waals surface area contributed by atoms with E-state index < -0.39 is 6.04 Å². The summed E-state index contributed by atoms with van der Waals surface area (Å²) in [6.45, 7) is 6.08. The van der Waals surface area contributed by atoms with Gasteiger partial charge in [-0.25, -0.2) is 0 Å². The maximum absolute atomic E-state index is 13.3. The summed E-state index contributed by atoms with van der Waals surface area (Å²) >= 11 is 0. The molecule has 1 aliphatic heterocycles. The Morgan fingerprint density at radius 2 is 1.89 bits per heavy atom. The molecule has 0 saturated heterocycles. The summed E-state index contributed by atoms with van der Waals surface area (Å²) in [5, 5.41) is 3.51. The number of carbonyl (C=O) groups is 2. The quantitative estimate of drug-likeness (QED) is 0.831. The predicted molar refractivity (Wildman–Crippen MR) is 110 cm³/mol. The van der Waals surface area contributed by atoms with Gasteiger partial charge in [0.05, 0.1) is 17.4 Å². The molecule has 2 heterocycles. The van der Waals surface area contributed by atoms with E-state index in [1.165, 1.54) is 0 Å². The maximum atomic E-state index is 13.3. The predicted octanol–water partition coefficient (Wildman–Crippen LogP) is 4.63. The highest BCUT2D eigenvalue weighted by atomic mass is 16.2. The van der Waals surface area contributed by atoms with E-state index in [9.17, 15) is 9.59 Å². The molecule has 0 spiro atoms. The second-order valence-electron chi connectivity index (χ2n) is 8.28. The zero-order valence-electron chi connectivity index (χ0n) is 16.5. The Morgan fingerprint density at radius 1 is 1.18 bits per heavy atom. The average molecular weight is 375 g/mol. The molecule has 0 fully saturated rings. The molecule has 1 aliphatic carbocycles. The summed E-state index contributed by atoms with van der Waals surface area (Å²) in [7, 11) is 0. The first-order chi connectivity index (χ1) is 13.4. The highest BCUT2D eigenvalue weighted by molar-refractivity contribution is 6.06. The molecule has 5 heteroatoms. The third-order valence-electron chi connectivity index (χ3n) is 5.49. The largest absolute Gasteiger partial charge is 0.357 e. The molecule has 5 nitrogen and oxygen atoms in total. The van der Waals surface area contributed by atoms with E-state index >= 15 is 0 Å². The molecule has 4 rings (SSSR count). The second-order valence-corrected chi connectivity index (χ2v) is 8.28. The van der Waals surface area contributed by atoms with Gasteiger partial charge in [0.2, 0.25) is 5.91 Å². The summed E-state index contributed by atoms with van der Waals surface area (Å²) in [4.78, 5) is 32.4. The van der Waals surface area contributed by atoms with E-state index in [0.717, 1.165) is 29.1 Å². The molecule has 0 bridgehead atoms. The van der Waals surface area contributed by atoms with E-state index in [2.05, 4.69) is 24.1 Å². The van der Waals surface area contributed by atoms with Crippen LogP contribution in [-0.2, 0) is 9.59 Å². The summed E-state index contributed by atoms with van der Waals surface area (Å²) < 4.78 is 0. The fourth-order valence-electron chi connectivity index (χ4n) is 4.29. The lowest BCUT2D eigenvalue weighted by molar-refractivity contribution is -0.119. The van der Waals surface area contributed by atoms with Crippen molar-refractivity contribution in [3.8, 4) is 0 Å². The number of Topliss-reactive ketones (excluding diaryl/α,β-unsaturated/α-hetero) is 1. The van der Waals surface area contributed by atoms with Gasteiger partial charge in [0.25, 0.3) is 0 Å². The van der Waals surface area contributed by atoms with Gasteiger partial charge < -0.3 is 5.32 Å². The first kappa shape index (κ1) is 18.4. The van der Waals surface area contributed by atoms with Crippen LogP contribution in [-0.4, -0.2) is 16.7 Å². The van der Waals surface area contributed by atoms with Crippen molar-refractivity contribution in [3.05, 3.63) is 65.6 Å². The normalized spacial score (nSPS) is 20.8. The molecule has 0 radical (unpaired) electrons. The standard InChI is InChI=1S/C23H25N3O2/c1-4-20(28)26-18-8-6-5-7-16(18)25-17-13-23(2,3)14-19(27)21(17)22(26)15-9-11-24-12-10-15/h5-12,22,25H,4,13-14H2,1-3H3/t22-/m0/s1. The Hall–Kier alpha value is -2.95. The lowest BCUT2D eigenvalue weighted by atomic mass is 9.73. The van der Waals surface area contributed by atoms with E-state index in [-0.39, 0.29) is 17.1 Å². The third-order valence-corrected chi connectivity index (χ3v) is 5.49. The SMILES string of the molecule is CCC(=O)N1c2ccccc2NC2=C(C(=O)CC(C)(C)C2)[C@@H]1c1ccncc1. The zero-order valence-corrected chi connectivity index (χ0v) is 16.5. The Balaban J connectivity index is 2.01. The number of hydrogen-bond acceptors (Lipinski definition) is 4. The lowest BCUT2D eigenvalue weighted by Crippen LogP contribution is -2.39. The molecule has 1 amide bonds. The Bertz CT molecular complexity index is 963. The molecule has 1 N–H and O–H groups in total. The number of benzene rings is 1. The number of ketones is 1. The molecular weight excluding hydrogens is 350 g/mol. The van der Waals surface area contributed by atoms with E-state index in [1.807, 2.05) is 43.3 Å². The number of rotatable bonds is 2. The number of pyridine rings is 1. The van der Waals surface area contributed by atoms with Crippen molar-refractivity contribution in [3.63, 3.8) is 0 Å². The van der Waals surface area contributed by atoms with Gasteiger partial charge >= 0.3 is 0 Å². The van der Waals surface area contributed by atoms with Crippen molar-refractivity contribution >= 4 is 23.1 Å². The van der Waals surface area contributed by atoms with Crippen LogP contribution < -0.4 is 10.2 Å². The molecule has 28 heavy (non-hydrogen) atoms. The van der Waals surface area contributed by atoms with Gasteiger partial charge in [0.15, 0.2) is 5.78 Å². The smallest absolute Gasteiger partial charge is 0.227 e. The second kappa shape index (κ2) is 6.89. The monoisotopic (exact) mass is 375 g/mol. The number of allylic oxidation sites excluding steroid dienone is 1. The number of nitrogens with zero attached hydrogens (tertiary/aromatic N) is 2. The van der Waals surface area contributed by atoms with Crippen LogP contribution >= 0.6 is 0 Å². The van der Waals surface area contributed by atoms with Crippen molar-refractivity contribution in [1.29, 1.82) is 0 Å². The lowest BCUT2D eigenvalue weighted by Gasteiger charge is -2.37. The van der Waals surface area contributed by atoms with Crippen molar-refractivity contribution in [2.24, 2.45) is 5.41 Å². The number of anilines is 2. The van der Waals surface area contributed by atoms with Gasteiger partial charge in [0, 0.05) is 36.5 Å². The number of para-hydroxylation sites is 2. The van der Waals surface area contributed by atoms with E-state index in [0.29, 0.717) is 18.4 Å². The Morgan fingerprint density at radius 3 is 2.61 bits per heavy atom. The number of amides is 1. The minimum Gasteiger partial charge on any atom is -0.357 e. The van der Waals surface area contributed by atoms with Crippen LogP contribution in [0.25, 0.3) is 0 Å². The van der Waals surface area contributed by atoms with Crippen molar-refractivity contribution < 1.29 is 9.59 Å². The van der Waals surface area contributed by atoms with Crippen LogP contribution in [0.3, 0.4) is 0 Å². The Labute approximate surface area is 165 Å². The number of carbonyl (C=O) groups excluding carboxylic acids is 2. The number of hydrogen-bond donors (Lipinski definition) is 1. The van der Waals surface area contributed by atoms with Crippen molar-refractivity contribution in [2.75, 3.05) is 10.2 Å². The minimum atomic E-state index is -0.454. The highest BCUT2D eigenvalue weighted by Gasteiger charge is 2.42. The highest BCUT2D eigenvalue weighted by Crippen LogP contribution is 2.48. The van der Waals surface area contributed by atoms with Gasteiger partial charge in [-0.3, -0.25) is 19.5 Å². The maximum Gasteiger partial charge on any atom is 0.227 e. The van der Waals surface area contributed by atoms with Gasteiger partial charge in [-0.15, -0.1) is 0 Å². The topological polar surface area (TPSA) is 62.3 Å². The van der Waals surface area contributed by atoms with E-state index in [1.54, 1.807) is 17.3 Å². The number of aromatic nitrogens is 1. The van der Waals surface area contributed by atoms with E-state index in [4.69, 9.17) is 0 Å². The summed E-state index contributed by atoms with van der Waals surface area (Å²) in [5.74, 6) is 0.0877. The van der Waals surface area contributed by atoms with Crippen LogP contribution in [0.4, 0.5) is 11.4 Å². The van der Waals surface area contributed by atoms with Crippen molar-refractivity contribution in [1.82, 2.24) is 4.98 Å². The third kappa shape index (κ3) is 3.11. The van der Waals surface area contributed by atoms with Gasteiger partial charge in [-0.2, -0.15) is 0 Å². The first-order valence-electron chi connectivity index (χ1n) is 9.75. The molecule has 1 aromatic heterocycles. The summed E-state index contributed by atoms with van der Waals surface area (Å²) in [5.41, 5.74) is 4.06. The molecule has 1 aromatic carbocycles. The number of nitrogens with one attached hydrogen (secondary N) is 1. The molecule has 0 unspecified atom stereocenters. The molecule has 144 valence electrons. The van der Waals surface area contributed by atoms with Gasteiger partial charge in [-0.1, -0.05) is 32.9 Å². The number of fused-ring (bicyclic) bond motifs is 1. The summed E-state index contributed by atoms with van der Waals surface area (Å²) in [6, 6.07) is 11.1. The fourth-order valence-corrected chi connectivity index (χ4v) is 4.29. The average Bonchev–Trinajstić information content (AvgIpc) is 2.81. The van der Waals surface area contributed by atoms with Gasteiger partial charge in [-0.05, 0) is 41.7 Å². The molecule has 2 aliphatic rings. The van der Waals surface area contributed by atoms with Gasteiger partial charge in [0.1, 0.15) is 0 Å². The van der Waals surface area contributed by atoms with Crippen LogP contribution in [0.15, 0.2) is 60.1 Å². The van der Waals surface area contributed by atoms with Crippen LogP contribution in [0.2, 0.25) is 0 Å². The van der Waals surface area contributed by atoms with Crippen LogP contribution in [0.5, 0.6) is 0 Å². The minimum absolute atomic E-state index is 0.0116. The Kier molecular flexibility index (Phi) is 4.53.